The van der Waals surface area contributed by atoms with Crippen LogP contribution in [0.1, 0.15) is 18.7 Å². The molecule has 0 fully saturated rings. The first-order valence-electron chi connectivity index (χ1n) is 7.75. The van der Waals surface area contributed by atoms with Crippen molar-refractivity contribution in [2.45, 2.75) is 26.4 Å². The van der Waals surface area contributed by atoms with Gasteiger partial charge in [-0.05, 0) is 37.4 Å². The van der Waals surface area contributed by atoms with E-state index in [0.717, 1.165) is 24.5 Å². The number of quaternary nitrogens is 1. The minimum Gasteiger partial charge on any atom is -0.454 e. The molecule has 1 aliphatic heterocycles. The highest BCUT2D eigenvalue weighted by Gasteiger charge is 2.25. The van der Waals surface area contributed by atoms with E-state index in [9.17, 15) is 4.79 Å². The van der Waals surface area contributed by atoms with Crippen LogP contribution in [-0.4, -0.2) is 25.3 Å². The van der Waals surface area contributed by atoms with Crippen LogP contribution in [0, 0.1) is 0 Å². The standard InChI is InChI=1S/C17H20N2O3S/c1-3-19(10-14-5-4-8-23-14)12(2)17(20)18-13-6-7-15-16(9-13)22-11-21-15/h4-9,12H,3,10-11H2,1-2H3,(H,18,20)/p+1/t12-/m1/s1. The average molecular weight is 333 g/mol. The third kappa shape index (κ3) is 3.65. The van der Waals surface area contributed by atoms with Crippen molar-refractivity contribution in [3.63, 3.8) is 0 Å². The van der Waals surface area contributed by atoms with Crippen LogP contribution in [0.3, 0.4) is 0 Å². The molecule has 2 aromatic rings. The molecule has 0 spiro atoms. The van der Waals surface area contributed by atoms with E-state index in [0.29, 0.717) is 5.75 Å². The number of amides is 1. The summed E-state index contributed by atoms with van der Waals surface area (Å²) in [6.45, 7) is 6.07. The van der Waals surface area contributed by atoms with Gasteiger partial charge < -0.3 is 19.7 Å². The predicted octanol–water partition coefficient (Wildman–Crippen LogP) is 1.91. The lowest BCUT2D eigenvalue weighted by atomic mass is 10.2. The first kappa shape index (κ1) is 15.8. The minimum absolute atomic E-state index is 0.0114. The number of rotatable bonds is 6. The molecule has 122 valence electrons. The van der Waals surface area contributed by atoms with Crippen molar-refractivity contribution < 1.29 is 19.2 Å². The summed E-state index contributed by atoms with van der Waals surface area (Å²) in [5, 5.41) is 5.04. The Morgan fingerprint density at radius 2 is 2.17 bits per heavy atom. The fourth-order valence-electron chi connectivity index (χ4n) is 2.63. The molecule has 2 N–H and O–H groups in total. The first-order valence-corrected chi connectivity index (χ1v) is 8.63. The van der Waals surface area contributed by atoms with Gasteiger partial charge in [-0.25, -0.2) is 0 Å². The van der Waals surface area contributed by atoms with Crippen molar-refractivity contribution in [1.82, 2.24) is 0 Å². The number of carbonyl (C=O) groups is 1. The normalized spacial score (nSPS) is 15.2. The Hall–Kier alpha value is -2.05. The number of ether oxygens (including phenoxy) is 2. The molecule has 2 atom stereocenters. The molecule has 3 rings (SSSR count). The number of hydrogen-bond donors (Lipinski definition) is 2. The summed E-state index contributed by atoms with van der Waals surface area (Å²) in [6.07, 6.45) is 0. The van der Waals surface area contributed by atoms with Gasteiger partial charge >= 0.3 is 0 Å². The maximum Gasteiger partial charge on any atom is 0.282 e. The van der Waals surface area contributed by atoms with Gasteiger partial charge in [0.05, 0.1) is 11.4 Å². The molecule has 0 aliphatic carbocycles. The van der Waals surface area contributed by atoms with E-state index >= 15 is 0 Å². The van der Waals surface area contributed by atoms with Crippen LogP contribution in [-0.2, 0) is 11.3 Å². The minimum atomic E-state index is -0.132. The van der Waals surface area contributed by atoms with Gasteiger partial charge in [0.15, 0.2) is 17.5 Å². The molecule has 1 aliphatic rings. The van der Waals surface area contributed by atoms with Crippen LogP contribution >= 0.6 is 11.3 Å². The lowest BCUT2D eigenvalue weighted by Crippen LogP contribution is -3.15. The summed E-state index contributed by atoms with van der Waals surface area (Å²) in [7, 11) is 0. The highest BCUT2D eigenvalue weighted by atomic mass is 32.1. The van der Waals surface area contributed by atoms with E-state index in [1.54, 1.807) is 17.4 Å². The number of fused-ring (bicyclic) bond motifs is 1. The summed E-state index contributed by atoms with van der Waals surface area (Å²) in [5.41, 5.74) is 0.734. The average Bonchev–Trinajstić information content (AvgIpc) is 3.22. The van der Waals surface area contributed by atoms with Crippen LogP contribution in [0.2, 0.25) is 0 Å². The number of anilines is 1. The van der Waals surface area contributed by atoms with E-state index < -0.39 is 0 Å². The molecule has 23 heavy (non-hydrogen) atoms. The van der Waals surface area contributed by atoms with Gasteiger partial charge in [0.1, 0.15) is 6.54 Å². The second-order valence-electron chi connectivity index (χ2n) is 5.55. The molecule has 1 amide bonds. The molecule has 2 heterocycles. The van der Waals surface area contributed by atoms with Crippen molar-refractivity contribution in [3.8, 4) is 11.5 Å². The van der Waals surface area contributed by atoms with E-state index in [1.807, 2.05) is 25.1 Å². The molecule has 1 aromatic heterocycles. The Bertz CT molecular complexity index is 672. The quantitative estimate of drug-likeness (QED) is 0.849. The molecule has 0 saturated carbocycles. The molecule has 0 saturated heterocycles. The summed E-state index contributed by atoms with van der Waals surface area (Å²) in [4.78, 5) is 15.1. The Morgan fingerprint density at radius 3 is 2.91 bits per heavy atom. The predicted molar refractivity (Wildman–Crippen MR) is 90.2 cm³/mol. The van der Waals surface area contributed by atoms with Crippen LogP contribution in [0.15, 0.2) is 35.7 Å². The number of nitrogens with one attached hydrogen (secondary N) is 2. The van der Waals surface area contributed by atoms with Crippen LogP contribution in [0.5, 0.6) is 11.5 Å². The SMILES string of the molecule is CC[NH+](Cc1cccs1)[C@H](C)C(=O)Nc1ccc2c(c1)OCO2. The van der Waals surface area contributed by atoms with Gasteiger partial charge in [-0.3, -0.25) is 4.79 Å². The summed E-state index contributed by atoms with van der Waals surface area (Å²) in [6, 6.07) is 9.49. The lowest BCUT2D eigenvalue weighted by molar-refractivity contribution is -0.925. The van der Waals surface area contributed by atoms with E-state index in [-0.39, 0.29) is 18.7 Å². The number of likely N-dealkylation sites (N-methyl/N-ethyl adjacent to an activating group) is 1. The van der Waals surface area contributed by atoms with E-state index in [2.05, 4.69) is 23.7 Å². The first-order chi connectivity index (χ1) is 11.2. The summed E-state index contributed by atoms with van der Waals surface area (Å²) in [5.74, 6) is 1.40. The van der Waals surface area contributed by atoms with Gasteiger partial charge in [0.2, 0.25) is 6.79 Å². The molecular weight excluding hydrogens is 312 g/mol. The third-order valence-corrected chi connectivity index (χ3v) is 4.96. The van der Waals surface area contributed by atoms with Gasteiger partial charge in [0, 0.05) is 11.8 Å². The molecule has 1 unspecified atom stereocenters. The molecule has 0 radical (unpaired) electrons. The van der Waals surface area contributed by atoms with Crippen molar-refractivity contribution in [1.29, 1.82) is 0 Å². The topological polar surface area (TPSA) is 52.0 Å². The fourth-order valence-corrected chi connectivity index (χ4v) is 3.39. The zero-order valence-electron chi connectivity index (χ0n) is 13.3. The lowest BCUT2D eigenvalue weighted by Gasteiger charge is -2.23. The largest absolute Gasteiger partial charge is 0.454 e. The highest BCUT2D eigenvalue weighted by Crippen LogP contribution is 2.34. The number of thiophene rings is 1. The zero-order valence-corrected chi connectivity index (χ0v) is 14.1. The summed E-state index contributed by atoms with van der Waals surface area (Å²) >= 11 is 1.73. The van der Waals surface area contributed by atoms with Crippen LogP contribution < -0.4 is 19.7 Å². The second kappa shape index (κ2) is 7.02. The smallest absolute Gasteiger partial charge is 0.282 e. The highest BCUT2D eigenvalue weighted by molar-refractivity contribution is 7.09. The maximum absolute atomic E-state index is 12.5. The summed E-state index contributed by atoms with van der Waals surface area (Å²) < 4.78 is 10.6. The van der Waals surface area contributed by atoms with Gasteiger partial charge in [-0.1, -0.05) is 6.07 Å². The van der Waals surface area contributed by atoms with E-state index in [4.69, 9.17) is 9.47 Å². The Kier molecular flexibility index (Phi) is 4.83. The maximum atomic E-state index is 12.5. The second-order valence-corrected chi connectivity index (χ2v) is 6.58. The monoisotopic (exact) mass is 333 g/mol. The molecule has 5 nitrogen and oxygen atoms in total. The fraction of sp³-hybridized carbons (Fsp3) is 0.353. The van der Waals surface area contributed by atoms with Crippen LogP contribution in [0.4, 0.5) is 5.69 Å². The Balaban J connectivity index is 1.64. The van der Waals surface area contributed by atoms with Gasteiger partial charge in [0.25, 0.3) is 5.91 Å². The van der Waals surface area contributed by atoms with Crippen molar-refractivity contribution in [2.75, 3.05) is 18.7 Å². The molecule has 6 heteroatoms. The molecule has 1 aromatic carbocycles. The third-order valence-electron chi connectivity index (χ3n) is 4.08. The zero-order chi connectivity index (χ0) is 16.2. The molecule has 0 bridgehead atoms. The van der Waals surface area contributed by atoms with Crippen molar-refractivity contribution in [3.05, 3.63) is 40.6 Å². The van der Waals surface area contributed by atoms with Gasteiger partial charge in [-0.15, -0.1) is 11.3 Å². The number of carbonyl (C=O) groups excluding carboxylic acids is 1. The van der Waals surface area contributed by atoms with Crippen molar-refractivity contribution >= 4 is 22.9 Å². The van der Waals surface area contributed by atoms with E-state index in [1.165, 1.54) is 9.78 Å². The van der Waals surface area contributed by atoms with Gasteiger partial charge in [-0.2, -0.15) is 0 Å². The Labute approximate surface area is 139 Å². The van der Waals surface area contributed by atoms with Crippen molar-refractivity contribution in [2.24, 2.45) is 0 Å². The molecular formula is C17H21N2O3S+. The van der Waals surface area contributed by atoms with Crippen LogP contribution in [0.25, 0.3) is 0 Å². The number of benzene rings is 1. The number of hydrogen-bond acceptors (Lipinski definition) is 4. The Morgan fingerprint density at radius 1 is 1.35 bits per heavy atom.